The van der Waals surface area contributed by atoms with Gasteiger partial charge in [-0.2, -0.15) is 0 Å². The van der Waals surface area contributed by atoms with E-state index in [1.54, 1.807) is 0 Å². The highest BCUT2D eigenvalue weighted by molar-refractivity contribution is 6.67. The van der Waals surface area contributed by atoms with Gasteiger partial charge in [-0.05, 0) is 6.42 Å². The molecule has 0 aliphatic heterocycles. The summed E-state index contributed by atoms with van der Waals surface area (Å²) in [7, 11) is -0.281. The van der Waals surface area contributed by atoms with Crippen LogP contribution in [0.25, 0.3) is 0 Å². The molecule has 0 aromatic carbocycles. The van der Waals surface area contributed by atoms with Crippen molar-refractivity contribution in [2.75, 3.05) is 0 Å². The Morgan fingerprint density at radius 2 is 2.25 bits per heavy atom. The Labute approximate surface area is 58.2 Å². The second-order valence-electron chi connectivity index (χ2n) is 2.07. The molecule has 1 radical (unpaired) electrons. The highest BCUT2D eigenvalue weighted by Crippen LogP contribution is 2.05. The third kappa shape index (κ3) is 3.27. The Balaban J connectivity index is 3.30. The molecule has 0 nitrogen and oxygen atoms in total. The minimum atomic E-state index is -0.281. The summed E-state index contributed by atoms with van der Waals surface area (Å²) in [4.78, 5) is 0. The molecule has 0 aromatic rings. The number of alkyl halides is 1. The van der Waals surface area contributed by atoms with Crippen LogP contribution in [-0.4, -0.2) is 13.8 Å². The molecule has 1 unspecified atom stereocenters. The van der Waals surface area contributed by atoms with Crippen LogP contribution in [0.5, 0.6) is 0 Å². The van der Waals surface area contributed by atoms with Gasteiger partial charge >= 0.3 is 0 Å². The number of halogens is 1. The zero-order chi connectivity index (χ0) is 6.57. The third-order valence-electron chi connectivity index (χ3n) is 1.00. The van der Waals surface area contributed by atoms with Crippen molar-refractivity contribution in [1.29, 1.82) is 0 Å². The van der Waals surface area contributed by atoms with E-state index in [1.807, 2.05) is 6.08 Å². The van der Waals surface area contributed by atoms with Crippen molar-refractivity contribution in [3.8, 4) is 0 Å². The molecule has 0 heterocycles. The molecular weight excluding hydrogens is 136 g/mol. The summed E-state index contributed by atoms with van der Waals surface area (Å²) in [5.41, 5.74) is 0. The van der Waals surface area contributed by atoms with Gasteiger partial charge in [0.05, 0.1) is 8.80 Å². The van der Waals surface area contributed by atoms with E-state index >= 15 is 0 Å². The molecule has 8 heavy (non-hydrogen) atoms. The van der Waals surface area contributed by atoms with Crippen LogP contribution in [-0.2, 0) is 0 Å². The third-order valence-corrected chi connectivity index (χ3v) is 3.98. The number of rotatable bonds is 3. The Morgan fingerprint density at radius 3 is 2.38 bits per heavy atom. The van der Waals surface area contributed by atoms with E-state index in [4.69, 9.17) is 11.6 Å². The SMILES string of the molecule is C=CCC(Cl)[Si](C)C. The predicted molar refractivity (Wildman–Crippen MR) is 41.9 cm³/mol. The van der Waals surface area contributed by atoms with Crippen molar-refractivity contribution in [2.24, 2.45) is 0 Å². The average Bonchev–Trinajstić information content (AvgIpc) is 1.67. The molecule has 2 heteroatoms. The van der Waals surface area contributed by atoms with Crippen LogP contribution < -0.4 is 0 Å². The molecule has 0 spiro atoms. The number of hydrogen-bond donors (Lipinski definition) is 0. The normalized spacial score (nSPS) is 14.0. The van der Waals surface area contributed by atoms with Gasteiger partial charge in [-0.15, -0.1) is 18.2 Å². The zero-order valence-electron chi connectivity index (χ0n) is 5.45. The largest absolute Gasteiger partial charge is 0.127 e. The van der Waals surface area contributed by atoms with Gasteiger partial charge in [0.1, 0.15) is 0 Å². The highest BCUT2D eigenvalue weighted by Gasteiger charge is 2.07. The quantitative estimate of drug-likeness (QED) is 0.327. The highest BCUT2D eigenvalue weighted by atomic mass is 35.5. The molecule has 0 saturated carbocycles. The fourth-order valence-corrected chi connectivity index (χ4v) is 1.15. The van der Waals surface area contributed by atoms with Crippen molar-refractivity contribution in [3.63, 3.8) is 0 Å². The van der Waals surface area contributed by atoms with Crippen molar-refractivity contribution in [1.82, 2.24) is 0 Å². The summed E-state index contributed by atoms with van der Waals surface area (Å²) >= 11 is 5.89. The smallest absolute Gasteiger partial charge is 0.0640 e. The molecular formula is C6H12ClSi. The van der Waals surface area contributed by atoms with Gasteiger partial charge < -0.3 is 0 Å². The maximum atomic E-state index is 5.89. The van der Waals surface area contributed by atoms with E-state index in [9.17, 15) is 0 Å². The van der Waals surface area contributed by atoms with Crippen molar-refractivity contribution >= 4 is 20.4 Å². The molecule has 0 amide bonds. The minimum absolute atomic E-state index is 0.281. The van der Waals surface area contributed by atoms with Crippen molar-refractivity contribution < 1.29 is 0 Å². The molecule has 1 atom stereocenters. The molecule has 0 aromatic heterocycles. The molecule has 0 aliphatic rings. The molecule has 47 valence electrons. The predicted octanol–water partition coefficient (Wildman–Crippen LogP) is 2.46. The monoisotopic (exact) mass is 147 g/mol. The first-order chi connectivity index (χ1) is 3.68. The lowest BCUT2D eigenvalue weighted by molar-refractivity contribution is 1.13. The maximum absolute atomic E-state index is 5.89. The standard InChI is InChI=1S/C6H12ClSi/c1-4-5-6(7)8(2)3/h4,6H,1,5H2,2-3H3. The summed E-state index contributed by atoms with van der Waals surface area (Å²) in [6.45, 7) is 8.04. The molecule has 0 N–H and O–H groups in total. The van der Waals surface area contributed by atoms with E-state index in [2.05, 4.69) is 19.7 Å². The van der Waals surface area contributed by atoms with Gasteiger partial charge in [0.2, 0.25) is 0 Å². The fraction of sp³-hybridized carbons (Fsp3) is 0.667. The lowest BCUT2D eigenvalue weighted by Gasteiger charge is -2.06. The second-order valence-corrected chi connectivity index (χ2v) is 5.81. The van der Waals surface area contributed by atoms with Crippen LogP contribution in [0.3, 0.4) is 0 Å². The summed E-state index contributed by atoms with van der Waals surface area (Å²) in [6, 6.07) is 0. The number of hydrogen-bond acceptors (Lipinski definition) is 0. The summed E-state index contributed by atoms with van der Waals surface area (Å²) in [6.07, 6.45) is 2.85. The first-order valence-corrected chi connectivity index (χ1v) is 5.75. The Kier molecular flexibility index (Phi) is 4.29. The maximum Gasteiger partial charge on any atom is 0.0640 e. The molecule has 0 rings (SSSR count). The van der Waals surface area contributed by atoms with E-state index in [-0.39, 0.29) is 8.80 Å². The van der Waals surface area contributed by atoms with Gasteiger partial charge in [-0.1, -0.05) is 19.2 Å². The first kappa shape index (κ1) is 8.25. The minimum Gasteiger partial charge on any atom is -0.127 e. The lowest BCUT2D eigenvalue weighted by Crippen LogP contribution is -2.16. The topological polar surface area (TPSA) is 0 Å². The van der Waals surface area contributed by atoms with Crippen LogP contribution in [0.15, 0.2) is 12.7 Å². The van der Waals surface area contributed by atoms with E-state index in [0.717, 1.165) is 6.42 Å². The summed E-state index contributed by atoms with van der Waals surface area (Å²) in [5.74, 6) is 0. The van der Waals surface area contributed by atoms with Gasteiger partial charge in [0, 0.05) is 5.00 Å². The van der Waals surface area contributed by atoms with E-state index in [0.29, 0.717) is 5.00 Å². The molecule has 0 fully saturated rings. The van der Waals surface area contributed by atoms with Crippen LogP contribution >= 0.6 is 11.6 Å². The number of allylic oxidation sites excluding steroid dienone is 1. The second kappa shape index (κ2) is 4.16. The summed E-state index contributed by atoms with van der Waals surface area (Å²) < 4.78 is 0. The lowest BCUT2D eigenvalue weighted by atomic mass is 10.5. The van der Waals surface area contributed by atoms with Crippen LogP contribution in [0, 0.1) is 0 Å². The van der Waals surface area contributed by atoms with Gasteiger partial charge in [0.15, 0.2) is 0 Å². The zero-order valence-corrected chi connectivity index (χ0v) is 7.20. The van der Waals surface area contributed by atoms with E-state index in [1.165, 1.54) is 0 Å². The molecule has 0 aliphatic carbocycles. The van der Waals surface area contributed by atoms with Crippen LogP contribution in [0.2, 0.25) is 13.1 Å². The fourth-order valence-electron chi connectivity index (χ4n) is 0.382. The van der Waals surface area contributed by atoms with Gasteiger partial charge in [-0.25, -0.2) is 0 Å². The van der Waals surface area contributed by atoms with Crippen LogP contribution in [0.1, 0.15) is 6.42 Å². The Morgan fingerprint density at radius 1 is 1.75 bits per heavy atom. The van der Waals surface area contributed by atoms with Crippen molar-refractivity contribution in [2.45, 2.75) is 24.5 Å². The first-order valence-electron chi connectivity index (χ1n) is 2.73. The molecule has 0 bridgehead atoms. The van der Waals surface area contributed by atoms with E-state index < -0.39 is 0 Å². The Bertz CT molecular complexity index is 70.9. The average molecular weight is 148 g/mol. The van der Waals surface area contributed by atoms with Crippen LogP contribution in [0.4, 0.5) is 0 Å². The Hall–Kier alpha value is 0.247. The summed E-state index contributed by atoms with van der Waals surface area (Å²) in [5, 5.41) is 0.373. The van der Waals surface area contributed by atoms with Gasteiger partial charge in [-0.3, -0.25) is 0 Å². The molecule has 0 saturated heterocycles. The van der Waals surface area contributed by atoms with Crippen molar-refractivity contribution in [3.05, 3.63) is 12.7 Å². The van der Waals surface area contributed by atoms with Gasteiger partial charge in [0.25, 0.3) is 0 Å².